The molecule has 6 heteroatoms. The van der Waals surface area contributed by atoms with E-state index in [1.807, 2.05) is 24.3 Å². The largest absolute Gasteiger partial charge is 0.492 e. The zero-order chi connectivity index (χ0) is 16.7. The highest BCUT2D eigenvalue weighted by Crippen LogP contribution is 2.27. The average molecular weight is 320 g/mol. The Labute approximate surface area is 136 Å². The fourth-order valence-corrected chi connectivity index (χ4v) is 2.68. The maximum atomic E-state index is 12.8. The highest BCUT2D eigenvalue weighted by Gasteiger charge is 2.20. The minimum absolute atomic E-state index is 0.323. The smallest absolute Gasteiger partial charge is 0.365 e. The van der Waals surface area contributed by atoms with Gasteiger partial charge in [0, 0.05) is 22.9 Å². The number of carbonyl (C=O) groups excluding carboxylic acids is 1. The number of rotatable bonds is 2. The van der Waals surface area contributed by atoms with Crippen molar-refractivity contribution >= 4 is 27.8 Å². The number of fused-ring (bicyclic) bond motifs is 2. The predicted molar refractivity (Wildman–Crippen MR) is 87.9 cm³/mol. The summed E-state index contributed by atoms with van der Waals surface area (Å²) in [5.41, 5.74) is 1.64. The molecule has 0 fully saturated rings. The van der Waals surface area contributed by atoms with Crippen LogP contribution in [0, 0.1) is 0 Å². The molecule has 6 nitrogen and oxygen atoms in total. The van der Waals surface area contributed by atoms with Gasteiger partial charge in [-0.2, -0.15) is 0 Å². The Hall–Kier alpha value is -3.54. The molecule has 0 aliphatic rings. The van der Waals surface area contributed by atoms with Crippen molar-refractivity contribution in [2.24, 2.45) is 0 Å². The molecule has 0 atom stereocenters. The molecule has 4 rings (SSSR count). The highest BCUT2D eigenvalue weighted by molar-refractivity contribution is 6.14. The second kappa shape index (κ2) is 5.27. The number of hydrogen-bond donors (Lipinski definition) is 2. The molecule has 2 aromatic heterocycles. The van der Waals surface area contributed by atoms with E-state index in [9.17, 15) is 15.0 Å². The molecule has 2 aromatic carbocycles. The van der Waals surface area contributed by atoms with E-state index in [-0.39, 0.29) is 11.8 Å². The second-order valence-electron chi connectivity index (χ2n) is 5.24. The summed E-state index contributed by atoms with van der Waals surface area (Å²) in [5.74, 6) is -1.45. The first-order valence-corrected chi connectivity index (χ1v) is 7.25. The third-order valence-corrected chi connectivity index (χ3v) is 3.76. The maximum Gasteiger partial charge on any atom is 0.365 e. The molecule has 4 aromatic rings. The molecule has 0 unspecified atom stereocenters. The van der Waals surface area contributed by atoms with Gasteiger partial charge in [0.2, 0.25) is 11.8 Å². The van der Waals surface area contributed by atoms with E-state index >= 15 is 0 Å². The van der Waals surface area contributed by atoms with Crippen molar-refractivity contribution in [3.63, 3.8) is 0 Å². The molecule has 118 valence electrons. The Bertz CT molecular complexity index is 1010. The molecular formula is C18H12N2O4. The summed E-state index contributed by atoms with van der Waals surface area (Å²) in [6.07, 6.45) is 0. The van der Waals surface area contributed by atoms with Crippen LogP contribution in [-0.4, -0.2) is 25.9 Å². The van der Waals surface area contributed by atoms with Gasteiger partial charge in [-0.25, -0.2) is 9.78 Å². The van der Waals surface area contributed by atoms with Crippen molar-refractivity contribution in [2.45, 2.75) is 0 Å². The van der Waals surface area contributed by atoms with E-state index in [1.54, 1.807) is 24.3 Å². The summed E-state index contributed by atoms with van der Waals surface area (Å²) in [6, 6.07) is 16.9. The number of aromatic nitrogens is 2. The number of hydrogen-bond acceptors (Lipinski definition) is 5. The minimum atomic E-state index is -0.702. The average Bonchev–Trinajstić information content (AvgIpc) is 2.91. The van der Waals surface area contributed by atoms with E-state index in [1.165, 1.54) is 12.1 Å². The van der Waals surface area contributed by atoms with Crippen molar-refractivity contribution < 1.29 is 19.8 Å². The Morgan fingerprint density at radius 3 is 1.88 bits per heavy atom. The first-order valence-electron chi connectivity index (χ1n) is 7.25. The van der Waals surface area contributed by atoms with Gasteiger partial charge in [-0.3, -0.25) is 0 Å². The van der Waals surface area contributed by atoms with Crippen molar-refractivity contribution in [1.82, 2.24) is 9.71 Å². The minimum Gasteiger partial charge on any atom is -0.492 e. The molecule has 2 N–H and O–H groups in total. The lowest BCUT2D eigenvalue weighted by Gasteiger charge is -2.11. The van der Waals surface area contributed by atoms with Crippen LogP contribution in [0.15, 0.2) is 60.7 Å². The summed E-state index contributed by atoms with van der Waals surface area (Å²) >= 11 is 0. The predicted octanol–water partition coefficient (Wildman–Crippen LogP) is 2.87. The maximum absolute atomic E-state index is 12.8. The van der Waals surface area contributed by atoms with Gasteiger partial charge >= 0.3 is 5.97 Å². The van der Waals surface area contributed by atoms with E-state index in [0.29, 0.717) is 32.1 Å². The summed E-state index contributed by atoms with van der Waals surface area (Å²) < 4.78 is 0.673. The normalized spacial score (nSPS) is 11.0. The van der Waals surface area contributed by atoms with E-state index in [4.69, 9.17) is 4.84 Å². The van der Waals surface area contributed by atoms with Crippen molar-refractivity contribution in [1.29, 1.82) is 0 Å². The van der Waals surface area contributed by atoms with E-state index < -0.39 is 5.97 Å². The molecule has 2 heterocycles. The lowest BCUT2D eigenvalue weighted by atomic mass is 10.0. The van der Waals surface area contributed by atoms with Crippen LogP contribution < -0.4 is 4.84 Å². The van der Waals surface area contributed by atoms with Crippen LogP contribution in [0.2, 0.25) is 0 Å². The Morgan fingerprint density at radius 2 is 1.33 bits per heavy atom. The summed E-state index contributed by atoms with van der Waals surface area (Å²) in [7, 11) is 0. The van der Waals surface area contributed by atoms with Gasteiger partial charge < -0.3 is 15.1 Å². The van der Waals surface area contributed by atoms with Gasteiger partial charge in [0.1, 0.15) is 0 Å². The number of carbonyl (C=O) groups is 1. The van der Waals surface area contributed by atoms with Gasteiger partial charge in [0.15, 0.2) is 0 Å². The van der Waals surface area contributed by atoms with Gasteiger partial charge in [-0.05, 0) is 12.1 Å². The Morgan fingerprint density at radius 1 is 0.833 bits per heavy atom. The molecule has 0 saturated carbocycles. The molecule has 0 amide bonds. The number of pyridine rings is 1. The zero-order valence-electron chi connectivity index (χ0n) is 12.4. The molecule has 24 heavy (non-hydrogen) atoms. The first-order chi connectivity index (χ1) is 11.6. The topological polar surface area (TPSA) is 84.6 Å². The quantitative estimate of drug-likeness (QED) is 0.555. The third-order valence-electron chi connectivity index (χ3n) is 3.76. The molecular weight excluding hydrogens is 308 g/mol. The number of aromatic hydroxyl groups is 2. The third kappa shape index (κ3) is 2.13. The second-order valence-corrected chi connectivity index (χ2v) is 5.24. The van der Waals surface area contributed by atoms with Crippen LogP contribution in [0.4, 0.5) is 0 Å². The lowest BCUT2D eigenvalue weighted by Crippen LogP contribution is -2.20. The number of benzene rings is 2. The van der Waals surface area contributed by atoms with Crippen LogP contribution in [-0.2, 0) is 0 Å². The lowest BCUT2D eigenvalue weighted by molar-refractivity contribution is 0.0386. The standard InChI is InChI=1S/C18H12N2O4/c21-15-9-10-16(22)20(15)24-18(23)17-11-5-1-3-7-13(11)19-14-8-4-2-6-12(14)17/h1-10,21-22H. The highest BCUT2D eigenvalue weighted by atomic mass is 16.7. The van der Waals surface area contributed by atoms with Crippen molar-refractivity contribution in [2.75, 3.05) is 0 Å². The number of nitrogens with zero attached hydrogens (tertiary/aromatic N) is 2. The monoisotopic (exact) mass is 320 g/mol. The van der Waals surface area contributed by atoms with Gasteiger partial charge in [-0.1, -0.05) is 36.4 Å². The fraction of sp³-hybridized carbons (Fsp3) is 0. The van der Waals surface area contributed by atoms with Gasteiger partial charge in [0.05, 0.1) is 16.6 Å². The van der Waals surface area contributed by atoms with Crippen LogP contribution >= 0.6 is 0 Å². The van der Waals surface area contributed by atoms with E-state index in [2.05, 4.69) is 4.98 Å². The summed E-state index contributed by atoms with van der Waals surface area (Å²) in [5, 5.41) is 20.6. The van der Waals surface area contributed by atoms with Crippen LogP contribution in [0.1, 0.15) is 10.4 Å². The zero-order valence-corrected chi connectivity index (χ0v) is 12.4. The molecule has 0 bridgehead atoms. The first kappa shape index (κ1) is 14.1. The Kier molecular flexibility index (Phi) is 3.09. The molecule has 0 saturated heterocycles. The van der Waals surface area contributed by atoms with Crippen LogP contribution in [0.25, 0.3) is 21.8 Å². The van der Waals surface area contributed by atoms with Crippen LogP contribution in [0.3, 0.4) is 0 Å². The summed E-state index contributed by atoms with van der Waals surface area (Å²) in [4.78, 5) is 22.5. The Balaban J connectivity index is 1.94. The van der Waals surface area contributed by atoms with Crippen LogP contribution in [0.5, 0.6) is 11.8 Å². The van der Waals surface area contributed by atoms with Gasteiger partial charge in [-0.15, -0.1) is 4.73 Å². The number of para-hydroxylation sites is 2. The fourth-order valence-electron chi connectivity index (χ4n) is 2.68. The molecule has 0 radical (unpaired) electrons. The summed E-state index contributed by atoms with van der Waals surface area (Å²) in [6.45, 7) is 0. The molecule has 0 spiro atoms. The van der Waals surface area contributed by atoms with E-state index in [0.717, 1.165) is 0 Å². The SMILES string of the molecule is O=C(On1c(O)ccc1O)c1c2ccccc2nc2ccccc12. The van der Waals surface area contributed by atoms with Crippen molar-refractivity contribution in [3.05, 3.63) is 66.2 Å². The van der Waals surface area contributed by atoms with Crippen molar-refractivity contribution in [3.8, 4) is 11.8 Å². The molecule has 0 aliphatic carbocycles. The van der Waals surface area contributed by atoms with Gasteiger partial charge in [0.25, 0.3) is 0 Å². The molecule has 0 aliphatic heterocycles.